The number of aromatic nitrogens is 2. The summed E-state index contributed by atoms with van der Waals surface area (Å²) in [6.07, 6.45) is -4.61. The number of fused-ring (bicyclic) bond motifs is 1. The summed E-state index contributed by atoms with van der Waals surface area (Å²) < 4.78 is 46.0. The van der Waals surface area contributed by atoms with Gasteiger partial charge in [0.2, 0.25) is 0 Å². The van der Waals surface area contributed by atoms with Crippen molar-refractivity contribution in [2.75, 3.05) is 39.8 Å². The molecule has 2 amide bonds. The van der Waals surface area contributed by atoms with Crippen molar-refractivity contribution in [3.8, 4) is 0 Å². The van der Waals surface area contributed by atoms with Crippen molar-refractivity contribution >= 4 is 23.6 Å². The molecule has 34 heavy (non-hydrogen) atoms. The van der Waals surface area contributed by atoms with Gasteiger partial charge in [0.1, 0.15) is 6.61 Å². The molecule has 1 fully saturated rings. The van der Waals surface area contributed by atoms with Crippen molar-refractivity contribution in [1.29, 1.82) is 0 Å². The molecule has 0 atom stereocenters. The van der Waals surface area contributed by atoms with E-state index in [2.05, 4.69) is 10.00 Å². The van der Waals surface area contributed by atoms with Crippen molar-refractivity contribution in [2.45, 2.75) is 32.3 Å². The first kappa shape index (κ1) is 24.3. The number of ether oxygens (including phenoxy) is 1. The second kappa shape index (κ2) is 9.83. The Hall–Kier alpha value is -2.79. The fourth-order valence-corrected chi connectivity index (χ4v) is 4.29. The zero-order valence-electron chi connectivity index (χ0n) is 18.6. The van der Waals surface area contributed by atoms with Crippen LogP contribution in [0.5, 0.6) is 0 Å². The molecule has 12 heteroatoms. The van der Waals surface area contributed by atoms with Gasteiger partial charge in [-0.1, -0.05) is 11.6 Å². The molecule has 3 heterocycles. The number of amides is 2. The average Bonchev–Trinajstić information content (AvgIpc) is 3.08. The lowest BCUT2D eigenvalue weighted by molar-refractivity contribution is -0.137. The number of likely N-dealkylation sites (N-methyl/N-ethyl adjacent to an activating group) is 1. The maximum Gasteiger partial charge on any atom is 0.416 e. The fourth-order valence-electron chi connectivity index (χ4n) is 4.03. The number of carbonyl (C=O) groups is 2. The highest BCUT2D eigenvalue weighted by Crippen LogP contribution is 2.32. The fraction of sp³-hybridized carbons (Fsp3) is 0.500. The third kappa shape index (κ3) is 5.64. The van der Waals surface area contributed by atoms with Crippen LogP contribution in [-0.2, 0) is 30.6 Å². The van der Waals surface area contributed by atoms with Gasteiger partial charge >= 0.3 is 12.3 Å². The van der Waals surface area contributed by atoms with Gasteiger partial charge in [0, 0.05) is 44.3 Å². The van der Waals surface area contributed by atoms with Crippen molar-refractivity contribution < 1.29 is 27.5 Å². The molecule has 1 saturated heterocycles. The second-order valence-electron chi connectivity index (χ2n) is 8.52. The van der Waals surface area contributed by atoms with E-state index in [0.717, 1.165) is 25.2 Å². The Morgan fingerprint density at radius 2 is 1.76 bits per heavy atom. The van der Waals surface area contributed by atoms with Crippen molar-refractivity contribution in [2.24, 2.45) is 0 Å². The Balaban J connectivity index is 1.40. The van der Waals surface area contributed by atoms with Gasteiger partial charge in [-0.25, -0.2) is 4.79 Å². The molecular weight excluding hydrogens is 475 g/mol. The van der Waals surface area contributed by atoms with E-state index in [-0.39, 0.29) is 29.6 Å². The van der Waals surface area contributed by atoms with Gasteiger partial charge in [-0.15, -0.1) is 0 Å². The topological polar surface area (TPSA) is 70.9 Å². The summed E-state index contributed by atoms with van der Waals surface area (Å²) in [6, 6.07) is 4.76. The lowest BCUT2D eigenvalue weighted by Crippen LogP contribution is -2.47. The van der Waals surface area contributed by atoms with E-state index in [0.29, 0.717) is 44.0 Å². The number of aryl methyl sites for hydroxylation is 1. The van der Waals surface area contributed by atoms with Crippen LogP contribution in [0, 0.1) is 0 Å². The number of halogens is 4. The molecule has 2 aromatic rings. The van der Waals surface area contributed by atoms with Crippen molar-refractivity contribution in [3.63, 3.8) is 0 Å². The number of carbonyl (C=O) groups excluding carboxylic acids is 2. The number of alkyl halides is 3. The first-order valence-corrected chi connectivity index (χ1v) is 11.3. The summed E-state index contributed by atoms with van der Waals surface area (Å²) in [5.74, 6) is -0.135. The minimum Gasteiger partial charge on any atom is -0.445 e. The van der Waals surface area contributed by atoms with Gasteiger partial charge in [-0.2, -0.15) is 18.3 Å². The molecule has 0 N–H and O–H groups in total. The summed E-state index contributed by atoms with van der Waals surface area (Å²) in [6.45, 7) is 3.65. The van der Waals surface area contributed by atoms with Gasteiger partial charge < -0.3 is 19.4 Å². The number of hydrogen-bond donors (Lipinski definition) is 0. The molecule has 0 aliphatic carbocycles. The quantitative estimate of drug-likeness (QED) is 0.646. The van der Waals surface area contributed by atoms with Gasteiger partial charge in [0.15, 0.2) is 5.69 Å². The van der Waals surface area contributed by atoms with E-state index in [4.69, 9.17) is 16.3 Å². The molecule has 2 aliphatic heterocycles. The third-order valence-electron chi connectivity index (χ3n) is 5.93. The van der Waals surface area contributed by atoms with Crippen molar-refractivity contribution in [1.82, 2.24) is 24.5 Å². The largest absolute Gasteiger partial charge is 0.445 e. The number of piperazine rings is 1. The summed E-state index contributed by atoms with van der Waals surface area (Å²) in [5, 5.41) is 4.36. The minimum atomic E-state index is -4.55. The van der Waals surface area contributed by atoms with E-state index < -0.39 is 17.8 Å². The Bertz CT molecular complexity index is 1070. The SMILES string of the molecule is CN1CCN(C(=O)c2cc3n(n2)CCCN(C(=O)OCc2cc(Cl)cc(C(F)(F)F)c2)C3)CC1. The van der Waals surface area contributed by atoms with Crippen LogP contribution in [0.15, 0.2) is 24.3 Å². The van der Waals surface area contributed by atoms with E-state index >= 15 is 0 Å². The Kier molecular flexibility index (Phi) is 7.04. The second-order valence-corrected chi connectivity index (χ2v) is 8.95. The smallest absolute Gasteiger partial charge is 0.416 e. The monoisotopic (exact) mass is 499 g/mol. The molecule has 1 aromatic heterocycles. The van der Waals surface area contributed by atoms with Gasteiger partial charge in [-0.05, 0) is 43.3 Å². The Morgan fingerprint density at radius 1 is 1.03 bits per heavy atom. The predicted molar refractivity (Wildman–Crippen MR) is 117 cm³/mol. The Labute approximate surface area is 199 Å². The predicted octanol–water partition coefficient (Wildman–Crippen LogP) is 3.49. The molecule has 0 unspecified atom stereocenters. The maximum atomic E-state index is 13.0. The van der Waals surface area contributed by atoms with E-state index in [9.17, 15) is 22.8 Å². The highest BCUT2D eigenvalue weighted by atomic mass is 35.5. The third-order valence-corrected chi connectivity index (χ3v) is 6.15. The molecule has 0 spiro atoms. The first-order chi connectivity index (χ1) is 16.1. The normalized spacial score (nSPS) is 17.3. The van der Waals surface area contributed by atoms with E-state index in [1.54, 1.807) is 15.6 Å². The first-order valence-electron chi connectivity index (χ1n) is 10.9. The van der Waals surface area contributed by atoms with Crippen molar-refractivity contribution in [3.05, 3.63) is 51.8 Å². The molecule has 0 radical (unpaired) electrons. The average molecular weight is 500 g/mol. The van der Waals surface area contributed by atoms with E-state index in [1.165, 1.54) is 11.0 Å². The lowest BCUT2D eigenvalue weighted by Gasteiger charge is -2.31. The number of nitrogens with zero attached hydrogens (tertiary/aromatic N) is 5. The molecule has 8 nitrogen and oxygen atoms in total. The zero-order chi connectivity index (χ0) is 24.5. The molecule has 0 saturated carbocycles. The maximum absolute atomic E-state index is 13.0. The van der Waals surface area contributed by atoms with Crippen LogP contribution in [0.4, 0.5) is 18.0 Å². The highest BCUT2D eigenvalue weighted by molar-refractivity contribution is 6.30. The number of hydrogen-bond acceptors (Lipinski definition) is 5. The van der Waals surface area contributed by atoms with Crippen LogP contribution >= 0.6 is 11.6 Å². The van der Waals surface area contributed by atoms with Crippen LogP contribution in [0.3, 0.4) is 0 Å². The molecule has 2 aliphatic rings. The number of benzene rings is 1. The standard InChI is InChI=1S/C22H25ClF3N5O3/c1-28-5-7-29(8-6-28)20(32)19-12-18-13-30(3-2-4-31(18)27-19)21(33)34-14-15-9-16(22(24,25)26)11-17(23)10-15/h9-12H,2-8,13-14H2,1H3. The molecule has 184 valence electrons. The lowest BCUT2D eigenvalue weighted by atomic mass is 10.1. The molecule has 1 aromatic carbocycles. The van der Waals surface area contributed by atoms with Crippen LogP contribution in [0.25, 0.3) is 0 Å². The Morgan fingerprint density at radius 3 is 2.47 bits per heavy atom. The number of rotatable bonds is 3. The summed E-state index contributed by atoms with van der Waals surface area (Å²) in [7, 11) is 2.01. The van der Waals surface area contributed by atoms with Crippen LogP contribution in [0.2, 0.25) is 5.02 Å². The summed E-state index contributed by atoms with van der Waals surface area (Å²) in [5.41, 5.74) is 0.290. The molecular formula is C22H25ClF3N5O3. The highest BCUT2D eigenvalue weighted by Gasteiger charge is 2.31. The van der Waals surface area contributed by atoms with E-state index in [1.807, 2.05) is 7.05 Å². The van der Waals surface area contributed by atoms with Gasteiger partial charge in [0.05, 0.1) is 17.8 Å². The molecule has 0 bridgehead atoms. The van der Waals surface area contributed by atoms with Gasteiger partial charge in [-0.3, -0.25) is 9.48 Å². The van der Waals surface area contributed by atoms with Crippen LogP contribution in [0.1, 0.15) is 33.7 Å². The molecule has 4 rings (SSSR count). The zero-order valence-corrected chi connectivity index (χ0v) is 19.4. The summed E-state index contributed by atoms with van der Waals surface area (Å²) in [4.78, 5) is 30.9. The van der Waals surface area contributed by atoms with Crippen LogP contribution < -0.4 is 0 Å². The van der Waals surface area contributed by atoms with Crippen LogP contribution in [-0.4, -0.2) is 76.3 Å². The summed E-state index contributed by atoms with van der Waals surface area (Å²) >= 11 is 5.80. The minimum absolute atomic E-state index is 0.0860. The van der Waals surface area contributed by atoms with Gasteiger partial charge in [0.25, 0.3) is 5.91 Å².